The minimum absolute atomic E-state index is 0.0642. The number of likely N-dealkylation sites (tertiary alicyclic amines) is 1. The topological polar surface area (TPSA) is 87.2 Å². The predicted octanol–water partition coefficient (Wildman–Crippen LogP) is 3.41. The molecule has 3 heterocycles. The van der Waals surface area contributed by atoms with E-state index in [1.165, 1.54) is 0 Å². The van der Waals surface area contributed by atoms with Gasteiger partial charge in [-0.05, 0) is 57.2 Å². The summed E-state index contributed by atoms with van der Waals surface area (Å²) in [6.07, 6.45) is 5.32. The quantitative estimate of drug-likeness (QED) is 0.294. The molecule has 194 valence electrons. The average molecular weight is 513 g/mol. The van der Waals surface area contributed by atoms with E-state index in [0.29, 0.717) is 12.8 Å². The molecule has 0 aromatic heterocycles. The molecule has 0 radical (unpaired) electrons. The number of anilines is 1. The van der Waals surface area contributed by atoms with Gasteiger partial charge in [0.15, 0.2) is 0 Å². The second-order valence-electron chi connectivity index (χ2n) is 10.1. The first-order chi connectivity index (χ1) is 17.2. The van der Waals surface area contributed by atoms with E-state index >= 15 is 0 Å². The number of esters is 1. The third-order valence-corrected chi connectivity index (χ3v) is 9.73. The van der Waals surface area contributed by atoms with Gasteiger partial charge in [0.05, 0.1) is 35.8 Å². The zero-order chi connectivity index (χ0) is 26.2. The van der Waals surface area contributed by atoms with Crippen molar-refractivity contribution in [1.82, 2.24) is 4.90 Å². The van der Waals surface area contributed by atoms with Crippen LogP contribution in [0.15, 0.2) is 43.5 Å². The molecular weight excluding hydrogens is 476 g/mol. The van der Waals surface area contributed by atoms with Crippen molar-refractivity contribution in [1.29, 1.82) is 0 Å². The highest BCUT2D eigenvalue weighted by molar-refractivity contribution is 8.02. The summed E-state index contributed by atoms with van der Waals surface area (Å²) in [5.41, 5.74) is 2.75. The second-order valence-corrected chi connectivity index (χ2v) is 11.7. The maximum Gasteiger partial charge on any atom is 0.310 e. The number of aryl methyl sites for hydroxylation is 2. The van der Waals surface area contributed by atoms with Gasteiger partial charge < -0.3 is 19.6 Å². The fourth-order valence-electron chi connectivity index (χ4n) is 6.13. The molecule has 3 aliphatic rings. The minimum atomic E-state index is -0.794. The monoisotopic (exact) mass is 512 g/mol. The van der Waals surface area contributed by atoms with Gasteiger partial charge in [0.2, 0.25) is 5.91 Å². The Morgan fingerprint density at radius 2 is 2.08 bits per heavy atom. The Kier molecular flexibility index (Phi) is 7.67. The molecule has 2 amide bonds. The van der Waals surface area contributed by atoms with Crippen molar-refractivity contribution < 1.29 is 24.2 Å². The highest BCUT2D eigenvalue weighted by atomic mass is 32.2. The zero-order valence-electron chi connectivity index (χ0n) is 21.3. The van der Waals surface area contributed by atoms with Crippen LogP contribution in [0, 0.1) is 25.7 Å². The maximum atomic E-state index is 14.5. The van der Waals surface area contributed by atoms with Crippen LogP contribution in [-0.2, 0) is 19.1 Å². The molecule has 36 heavy (non-hydrogen) atoms. The van der Waals surface area contributed by atoms with Crippen LogP contribution < -0.4 is 4.90 Å². The van der Waals surface area contributed by atoms with Gasteiger partial charge >= 0.3 is 5.97 Å². The van der Waals surface area contributed by atoms with Crippen LogP contribution in [0.5, 0.6) is 0 Å². The number of aliphatic hydroxyl groups is 1. The largest absolute Gasteiger partial charge is 0.465 e. The van der Waals surface area contributed by atoms with E-state index in [-0.39, 0.29) is 42.8 Å². The first kappa shape index (κ1) is 26.5. The summed E-state index contributed by atoms with van der Waals surface area (Å²) in [4.78, 5) is 44.8. The van der Waals surface area contributed by atoms with Crippen molar-refractivity contribution in [3.63, 3.8) is 0 Å². The zero-order valence-corrected chi connectivity index (χ0v) is 22.1. The minimum Gasteiger partial charge on any atom is -0.465 e. The van der Waals surface area contributed by atoms with Crippen LogP contribution >= 0.6 is 11.8 Å². The number of fused-ring (bicyclic) bond motifs is 1. The van der Waals surface area contributed by atoms with E-state index in [1.807, 2.05) is 32.0 Å². The van der Waals surface area contributed by atoms with Crippen molar-refractivity contribution in [2.75, 3.05) is 24.7 Å². The van der Waals surface area contributed by atoms with Gasteiger partial charge in [-0.25, -0.2) is 0 Å². The van der Waals surface area contributed by atoms with Gasteiger partial charge in [0, 0.05) is 17.5 Å². The van der Waals surface area contributed by atoms with Crippen LogP contribution in [0.1, 0.15) is 37.3 Å². The molecule has 1 spiro atoms. The first-order valence-electron chi connectivity index (χ1n) is 12.6. The third-order valence-electron chi connectivity index (χ3n) is 7.78. The Hall–Kier alpha value is -2.58. The van der Waals surface area contributed by atoms with Crippen LogP contribution in [-0.4, -0.2) is 69.6 Å². The van der Waals surface area contributed by atoms with Crippen LogP contribution in [0.4, 0.5) is 5.69 Å². The van der Waals surface area contributed by atoms with E-state index in [0.717, 1.165) is 23.2 Å². The fraction of sp³-hybridized carbons (Fsp3) is 0.536. The van der Waals surface area contributed by atoms with E-state index in [2.05, 4.69) is 13.2 Å². The standard InChI is InChI=1S/C28H36N2O5S/c1-6-8-14-35-27(34)22-21-11-12-28(36-21)23(22)25(32)30(19(5)16-31)24(28)26(33)29(13-7-2)20-15-17(3)9-10-18(20)4/h6-7,9-10,15,19,21-24,31H,1-2,8,11-14,16H2,3-5H3/t19-,21+,22-,23+,24?,28?/m1/s1. The van der Waals surface area contributed by atoms with E-state index in [1.54, 1.807) is 40.6 Å². The van der Waals surface area contributed by atoms with Crippen molar-refractivity contribution in [3.05, 3.63) is 54.6 Å². The number of nitrogens with zero attached hydrogens (tertiary/aromatic N) is 2. The molecule has 8 heteroatoms. The summed E-state index contributed by atoms with van der Waals surface area (Å²) in [6.45, 7) is 13.5. The number of carbonyl (C=O) groups excluding carboxylic acids is 3. The average Bonchev–Trinajstić information content (AvgIpc) is 3.50. The number of aliphatic hydroxyl groups excluding tert-OH is 1. The Balaban J connectivity index is 1.77. The molecule has 0 aliphatic carbocycles. The Morgan fingerprint density at radius 3 is 2.75 bits per heavy atom. The molecule has 4 rings (SSSR count). The lowest BCUT2D eigenvalue weighted by Gasteiger charge is -2.39. The number of hydrogen-bond acceptors (Lipinski definition) is 6. The number of benzene rings is 1. The van der Waals surface area contributed by atoms with Gasteiger partial charge in [0.25, 0.3) is 5.91 Å². The van der Waals surface area contributed by atoms with E-state index in [9.17, 15) is 19.5 Å². The molecule has 1 aromatic carbocycles. The number of ether oxygens (including phenoxy) is 1. The first-order valence-corrected chi connectivity index (χ1v) is 13.5. The Labute approximate surface area is 217 Å². The van der Waals surface area contributed by atoms with Crippen molar-refractivity contribution in [2.24, 2.45) is 11.8 Å². The summed E-state index contributed by atoms with van der Waals surface area (Å²) in [7, 11) is 0. The summed E-state index contributed by atoms with van der Waals surface area (Å²) < 4.78 is 4.79. The Bertz CT molecular complexity index is 1070. The van der Waals surface area contributed by atoms with Gasteiger partial charge in [-0.2, -0.15) is 0 Å². The molecule has 1 aromatic rings. The van der Waals surface area contributed by atoms with Gasteiger partial charge in [0.1, 0.15) is 6.04 Å². The van der Waals surface area contributed by atoms with Crippen LogP contribution in [0.3, 0.4) is 0 Å². The molecule has 0 saturated carbocycles. The lowest BCUT2D eigenvalue weighted by atomic mass is 9.71. The summed E-state index contributed by atoms with van der Waals surface area (Å²) in [5.74, 6) is -2.06. The number of carbonyl (C=O) groups is 3. The lowest BCUT2D eigenvalue weighted by Crippen LogP contribution is -2.57. The van der Waals surface area contributed by atoms with Crippen molar-refractivity contribution in [3.8, 4) is 0 Å². The molecule has 2 bridgehead atoms. The summed E-state index contributed by atoms with van der Waals surface area (Å²) in [5, 5.41) is 9.99. The molecule has 3 fully saturated rings. The van der Waals surface area contributed by atoms with E-state index in [4.69, 9.17) is 4.74 Å². The summed E-state index contributed by atoms with van der Waals surface area (Å²) in [6, 6.07) is 4.60. The van der Waals surface area contributed by atoms with Crippen LogP contribution in [0.2, 0.25) is 0 Å². The maximum absolute atomic E-state index is 14.5. The number of rotatable bonds is 10. The molecule has 3 saturated heterocycles. The SMILES string of the molecule is C=CCCOC(=O)[C@@H]1[C@@H]2CCC3(S2)C(C(=O)N(CC=C)c2cc(C)ccc2C)N([C@H](C)CO)C(=O)[C@H]13. The number of amides is 2. The number of thioether (sulfide) groups is 1. The van der Waals surface area contributed by atoms with Gasteiger partial charge in [-0.15, -0.1) is 24.9 Å². The molecule has 2 unspecified atom stereocenters. The third kappa shape index (κ3) is 4.18. The van der Waals surface area contributed by atoms with Gasteiger partial charge in [-0.3, -0.25) is 14.4 Å². The predicted molar refractivity (Wildman–Crippen MR) is 142 cm³/mol. The second kappa shape index (κ2) is 10.4. The van der Waals surface area contributed by atoms with E-state index < -0.39 is 28.7 Å². The van der Waals surface area contributed by atoms with Crippen molar-refractivity contribution in [2.45, 2.75) is 62.1 Å². The fourth-order valence-corrected chi connectivity index (χ4v) is 8.32. The Morgan fingerprint density at radius 1 is 1.33 bits per heavy atom. The van der Waals surface area contributed by atoms with Gasteiger partial charge in [-0.1, -0.05) is 24.3 Å². The molecule has 6 atom stereocenters. The molecule has 1 N–H and O–H groups in total. The molecular formula is C28H36N2O5S. The molecule has 3 aliphatic heterocycles. The van der Waals surface area contributed by atoms with Crippen LogP contribution in [0.25, 0.3) is 0 Å². The summed E-state index contributed by atoms with van der Waals surface area (Å²) >= 11 is 1.60. The lowest BCUT2D eigenvalue weighted by molar-refractivity contribution is -0.154. The highest BCUT2D eigenvalue weighted by Gasteiger charge is 2.74. The molecule has 7 nitrogen and oxygen atoms in total. The highest BCUT2D eigenvalue weighted by Crippen LogP contribution is 2.67. The smallest absolute Gasteiger partial charge is 0.310 e. The number of hydrogen-bond donors (Lipinski definition) is 1. The van der Waals surface area contributed by atoms with Crippen molar-refractivity contribution >= 4 is 35.2 Å². The normalized spacial score (nSPS) is 29.1.